The van der Waals surface area contributed by atoms with Crippen molar-refractivity contribution in [2.24, 2.45) is 0 Å². The predicted octanol–water partition coefficient (Wildman–Crippen LogP) is 2.41. The standard InChI is InChI=1S/C16H20N4OS2/c1-12(23-16-19-17-11-22-16)15(21)18-14-7-8-20(10-14)9-13-5-3-2-4-6-13/h2-6,11-12,14H,7-10H2,1H3,(H,18,21). The summed E-state index contributed by atoms with van der Waals surface area (Å²) in [6.45, 7) is 4.80. The molecule has 1 aliphatic heterocycles. The maximum Gasteiger partial charge on any atom is 0.233 e. The highest BCUT2D eigenvalue weighted by atomic mass is 32.2. The molecule has 0 bridgehead atoms. The highest BCUT2D eigenvalue weighted by molar-refractivity contribution is 8.02. The quantitative estimate of drug-likeness (QED) is 0.813. The molecule has 0 spiro atoms. The highest BCUT2D eigenvalue weighted by Gasteiger charge is 2.26. The van der Waals surface area contributed by atoms with Crippen molar-refractivity contribution in [3.05, 3.63) is 41.4 Å². The fourth-order valence-electron chi connectivity index (χ4n) is 2.67. The number of thioether (sulfide) groups is 1. The number of amides is 1. The fraction of sp³-hybridized carbons (Fsp3) is 0.438. The van der Waals surface area contributed by atoms with Gasteiger partial charge in [-0.2, -0.15) is 0 Å². The van der Waals surface area contributed by atoms with Crippen LogP contribution in [0.5, 0.6) is 0 Å². The minimum Gasteiger partial charge on any atom is -0.351 e. The summed E-state index contributed by atoms with van der Waals surface area (Å²) in [5.41, 5.74) is 3.01. The molecule has 1 aromatic heterocycles. The zero-order valence-electron chi connectivity index (χ0n) is 13.0. The van der Waals surface area contributed by atoms with E-state index in [2.05, 4.69) is 44.7 Å². The van der Waals surface area contributed by atoms with Gasteiger partial charge >= 0.3 is 0 Å². The van der Waals surface area contributed by atoms with Crippen molar-refractivity contribution >= 4 is 29.0 Å². The predicted molar refractivity (Wildman–Crippen MR) is 93.5 cm³/mol. The number of benzene rings is 1. The van der Waals surface area contributed by atoms with Crippen molar-refractivity contribution in [2.45, 2.75) is 35.5 Å². The Bertz CT molecular complexity index is 620. The van der Waals surface area contributed by atoms with Gasteiger partial charge in [0.2, 0.25) is 5.91 Å². The van der Waals surface area contributed by atoms with Crippen LogP contribution in [-0.2, 0) is 11.3 Å². The molecule has 2 atom stereocenters. The number of nitrogens with zero attached hydrogens (tertiary/aromatic N) is 3. The fourth-order valence-corrected chi connectivity index (χ4v) is 4.31. The third kappa shape index (κ3) is 4.76. The van der Waals surface area contributed by atoms with E-state index in [1.165, 1.54) is 28.7 Å². The van der Waals surface area contributed by atoms with Crippen LogP contribution in [0.4, 0.5) is 0 Å². The summed E-state index contributed by atoms with van der Waals surface area (Å²) in [5, 5.41) is 10.8. The van der Waals surface area contributed by atoms with Crippen LogP contribution in [0.3, 0.4) is 0 Å². The second kappa shape index (κ2) is 7.90. The van der Waals surface area contributed by atoms with Crippen molar-refractivity contribution in [1.29, 1.82) is 0 Å². The van der Waals surface area contributed by atoms with Crippen LogP contribution in [-0.4, -0.2) is 45.4 Å². The van der Waals surface area contributed by atoms with Gasteiger partial charge in [-0.3, -0.25) is 9.69 Å². The molecule has 1 saturated heterocycles. The Morgan fingerprint density at radius 2 is 2.30 bits per heavy atom. The average molecular weight is 348 g/mol. The van der Waals surface area contributed by atoms with Crippen molar-refractivity contribution in [2.75, 3.05) is 13.1 Å². The third-order valence-corrected chi connectivity index (χ3v) is 5.77. The lowest BCUT2D eigenvalue weighted by Gasteiger charge is -2.18. The van der Waals surface area contributed by atoms with Gasteiger partial charge < -0.3 is 5.32 Å². The molecule has 23 heavy (non-hydrogen) atoms. The minimum absolute atomic E-state index is 0.0803. The number of rotatable bonds is 6. The molecule has 5 nitrogen and oxygen atoms in total. The van der Waals surface area contributed by atoms with E-state index < -0.39 is 0 Å². The van der Waals surface area contributed by atoms with Gasteiger partial charge in [0, 0.05) is 25.7 Å². The van der Waals surface area contributed by atoms with Crippen LogP contribution in [0.25, 0.3) is 0 Å². The third-order valence-electron chi connectivity index (χ3n) is 3.85. The minimum atomic E-state index is -0.147. The Morgan fingerprint density at radius 1 is 1.48 bits per heavy atom. The maximum absolute atomic E-state index is 12.3. The van der Waals surface area contributed by atoms with Gasteiger partial charge in [-0.25, -0.2) is 0 Å². The number of nitrogens with one attached hydrogen (secondary N) is 1. The normalized spacial score (nSPS) is 19.6. The van der Waals surface area contributed by atoms with Gasteiger partial charge in [-0.05, 0) is 18.9 Å². The molecule has 1 N–H and O–H groups in total. The largest absolute Gasteiger partial charge is 0.351 e. The van der Waals surface area contributed by atoms with Crippen molar-refractivity contribution in [3.8, 4) is 0 Å². The van der Waals surface area contributed by atoms with Gasteiger partial charge in [0.15, 0.2) is 4.34 Å². The highest BCUT2D eigenvalue weighted by Crippen LogP contribution is 2.24. The first kappa shape index (κ1) is 16.4. The summed E-state index contributed by atoms with van der Waals surface area (Å²) >= 11 is 2.93. The lowest BCUT2D eigenvalue weighted by Crippen LogP contribution is -2.40. The van der Waals surface area contributed by atoms with E-state index in [1.54, 1.807) is 5.51 Å². The number of carbonyl (C=O) groups excluding carboxylic acids is 1. The summed E-state index contributed by atoms with van der Waals surface area (Å²) in [7, 11) is 0. The lowest BCUT2D eigenvalue weighted by atomic mass is 10.2. The van der Waals surface area contributed by atoms with E-state index >= 15 is 0 Å². The van der Waals surface area contributed by atoms with E-state index in [-0.39, 0.29) is 17.2 Å². The van der Waals surface area contributed by atoms with Gasteiger partial charge in [-0.1, -0.05) is 53.4 Å². The molecular weight excluding hydrogens is 328 g/mol. The summed E-state index contributed by atoms with van der Waals surface area (Å²) in [6.07, 6.45) is 1.01. The van der Waals surface area contributed by atoms with Crippen LogP contribution in [0, 0.1) is 0 Å². The first-order chi connectivity index (χ1) is 11.2. The number of carbonyl (C=O) groups is 1. The molecule has 122 valence electrons. The molecule has 0 radical (unpaired) electrons. The SMILES string of the molecule is CC(Sc1nncs1)C(=O)NC1CCN(Cc2ccccc2)C1. The molecule has 1 aromatic carbocycles. The average Bonchev–Trinajstić information content (AvgIpc) is 3.20. The molecular formula is C16H20N4OS2. The van der Waals surface area contributed by atoms with Crippen LogP contribution < -0.4 is 5.32 Å². The zero-order chi connectivity index (χ0) is 16.1. The van der Waals surface area contributed by atoms with Crippen molar-refractivity contribution < 1.29 is 4.79 Å². The lowest BCUT2D eigenvalue weighted by molar-refractivity contribution is -0.120. The molecule has 1 aliphatic rings. The topological polar surface area (TPSA) is 58.1 Å². The molecule has 7 heteroatoms. The Balaban J connectivity index is 1.45. The summed E-state index contributed by atoms with van der Waals surface area (Å²) < 4.78 is 0.838. The number of hydrogen-bond acceptors (Lipinski definition) is 6. The second-order valence-electron chi connectivity index (χ2n) is 5.68. The number of likely N-dealkylation sites (tertiary alicyclic amines) is 1. The van der Waals surface area contributed by atoms with E-state index in [1.807, 2.05) is 13.0 Å². The Labute approximate surface area is 144 Å². The van der Waals surface area contributed by atoms with Crippen LogP contribution >= 0.6 is 23.1 Å². The van der Waals surface area contributed by atoms with Gasteiger partial charge in [0.25, 0.3) is 0 Å². The molecule has 2 heterocycles. The van der Waals surface area contributed by atoms with Gasteiger partial charge in [0.05, 0.1) is 5.25 Å². The van der Waals surface area contributed by atoms with Crippen molar-refractivity contribution in [1.82, 2.24) is 20.4 Å². The first-order valence-corrected chi connectivity index (χ1v) is 9.46. The van der Waals surface area contributed by atoms with Crippen LogP contribution in [0.1, 0.15) is 18.9 Å². The zero-order valence-corrected chi connectivity index (χ0v) is 14.6. The van der Waals surface area contributed by atoms with Crippen LogP contribution in [0.15, 0.2) is 40.2 Å². The Kier molecular flexibility index (Phi) is 5.64. The molecule has 2 unspecified atom stereocenters. The van der Waals surface area contributed by atoms with Crippen molar-refractivity contribution in [3.63, 3.8) is 0 Å². The molecule has 2 aromatic rings. The first-order valence-electron chi connectivity index (χ1n) is 7.70. The molecule has 0 aliphatic carbocycles. The molecule has 0 saturated carbocycles. The maximum atomic E-state index is 12.3. The molecule has 3 rings (SSSR count). The molecule has 1 fully saturated rings. The summed E-state index contributed by atoms with van der Waals surface area (Å²) in [6, 6.07) is 10.7. The van der Waals surface area contributed by atoms with E-state index in [0.29, 0.717) is 0 Å². The smallest absolute Gasteiger partial charge is 0.233 e. The number of hydrogen-bond donors (Lipinski definition) is 1. The monoisotopic (exact) mass is 348 g/mol. The summed E-state index contributed by atoms with van der Waals surface area (Å²) in [5.74, 6) is 0.0803. The van der Waals surface area contributed by atoms with E-state index in [4.69, 9.17) is 0 Å². The van der Waals surface area contributed by atoms with E-state index in [9.17, 15) is 4.79 Å². The van der Waals surface area contributed by atoms with Gasteiger partial charge in [0.1, 0.15) is 5.51 Å². The van der Waals surface area contributed by atoms with Gasteiger partial charge in [-0.15, -0.1) is 10.2 Å². The van der Waals surface area contributed by atoms with Crippen LogP contribution in [0.2, 0.25) is 0 Å². The Morgan fingerprint density at radius 3 is 3.04 bits per heavy atom. The second-order valence-corrected chi connectivity index (χ2v) is 8.10. The Hall–Kier alpha value is -1.44. The summed E-state index contributed by atoms with van der Waals surface area (Å²) in [4.78, 5) is 14.7. The molecule has 1 amide bonds. The van der Waals surface area contributed by atoms with E-state index in [0.717, 1.165) is 30.4 Å². The number of aromatic nitrogens is 2.